The number of carbonyl (C=O) groups is 1. The molecule has 17 heavy (non-hydrogen) atoms. The molecule has 0 saturated heterocycles. The summed E-state index contributed by atoms with van der Waals surface area (Å²) in [5.74, 6) is -0.907. The number of carbonyl (C=O) groups excluding carboxylic acids is 1. The summed E-state index contributed by atoms with van der Waals surface area (Å²) < 4.78 is 0. The molecule has 0 aliphatic rings. The van der Waals surface area contributed by atoms with Crippen LogP contribution < -0.4 is 5.11 Å². The molecule has 0 aliphatic carbocycles. The zero-order chi connectivity index (χ0) is 12.1. The van der Waals surface area contributed by atoms with Crippen molar-refractivity contribution in [3.63, 3.8) is 0 Å². The Morgan fingerprint density at radius 3 is 1.47 bits per heavy atom. The monoisotopic (exact) mass is 422 g/mol. The Hall–Kier alpha value is 0.158. The van der Waals surface area contributed by atoms with Crippen LogP contribution in [0.2, 0.25) is 0 Å². The van der Waals surface area contributed by atoms with Gasteiger partial charge in [-0.05, 0) is 12.8 Å². The van der Waals surface area contributed by atoms with Crippen molar-refractivity contribution < 1.29 is 31.0 Å². The summed E-state index contributed by atoms with van der Waals surface area (Å²) in [5.41, 5.74) is 0. The molecule has 0 aromatic carbocycles. The van der Waals surface area contributed by atoms with Gasteiger partial charge in [0.1, 0.15) is 0 Å². The fraction of sp³-hybridized carbons (Fsp3) is 0.929. The van der Waals surface area contributed by atoms with Gasteiger partial charge in [0, 0.05) is 27.0 Å². The topological polar surface area (TPSA) is 40.1 Å². The molecule has 0 bridgehead atoms. The average Bonchev–Trinajstić information content (AvgIpc) is 2.25. The molecule has 0 radical (unpaired) electrons. The third-order valence-electron chi connectivity index (χ3n) is 2.98. The minimum Gasteiger partial charge on any atom is -0.550 e. The van der Waals surface area contributed by atoms with Crippen molar-refractivity contribution >= 4 is 5.97 Å². The van der Waals surface area contributed by atoms with E-state index in [0.29, 0.717) is 0 Å². The summed E-state index contributed by atoms with van der Waals surface area (Å²) >= 11 is 0. The SMILES string of the molecule is CCCCCCCCCCCCCC(=O)[O-].[Pt]. The molecule has 0 spiro atoms. The van der Waals surface area contributed by atoms with Crippen LogP contribution in [0, 0.1) is 0 Å². The normalized spacial score (nSPS) is 9.94. The van der Waals surface area contributed by atoms with Gasteiger partial charge in [0.25, 0.3) is 0 Å². The number of unbranched alkanes of at least 4 members (excludes halogenated alkanes) is 10. The van der Waals surface area contributed by atoms with E-state index < -0.39 is 5.97 Å². The van der Waals surface area contributed by atoms with Crippen molar-refractivity contribution in [2.24, 2.45) is 0 Å². The average molecular weight is 422 g/mol. The van der Waals surface area contributed by atoms with E-state index in [1.807, 2.05) is 0 Å². The van der Waals surface area contributed by atoms with Gasteiger partial charge in [0.15, 0.2) is 0 Å². The van der Waals surface area contributed by atoms with E-state index in [-0.39, 0.29) is 27.5 Å². The smallest absolute Gasteiger partial charge is 0.0414 e. The Morgan fingerprint density at radius 2 is 1.12 bits per heavy atom. The van der Waals surface area contributed by atoms with Crippen molar-refractivity contribution in [3.05, 3.63) is 0 Å². The van der Waals surface area contributed by atoms with Crippen LogP contribution in [-0.2, 0) is 25.9 Å². The molecule has 0 N–H and O–H groups in total. The molecular weight excluding hydrogens is 395 g/mol. The number of carboxylic acids is 1. The standard InChI is InChI=1S/C14H28O2.Pt/c1-2-3-4-5-6-7-8-9-10-11-12-13-14(15)16;/h2-13H2,1H3,(H,15,16);/p-1. The first-order chi connectivity index (χ1) is 7.77. The van der Waals surface area contributed by atoms with Gasteiger partial charge < -0.3 is 9.90 Å². The van der Waals surface area contributed by atoms with E-state index in [0.717, 1.165) is 12.8 Å². The summed E-state index contributed by atoms with van der Waals surface area (Å²) in [6.07, 6.45) is 14.0. The third kappa shape index (κ3) is 18.7. The minimum atomic E-state index is -0.907. The third-order valence-corrected chi connectivity index (χ3v) is 2.98. The number of aliphatic carboxylic acids is 1. The molecule has 106 valence electrons. The van der Waals surface area contributed by atoms with E-state index in [9.17, 15) is 9.90 Å². The second-order valence-electron chi connectivity index (χ2n) is 4.66. The quantitative estimate of drug-likeness (QED) is 0.452. The first kappa shape index (κ1) is 19.5. The van der Waals surface area contributed by atoms with Crippen LogP contribution in [-0.4, -0.2) is 5.97 Å². The second-order valence-corrected chi connectivity index (χ2v) is 4.66. The number of hydrogen-bond acceptors (Lipinski definition) is 2. The summed E-state index contributed by atoms with van der Waals surface area (Å²) in [6, 6.07) is 0. The maximum Gasteiger partial charge on any atom is 0.0414 e. The molecule has 0 saturated carbocycles. The van der Waals surface area contributed by atoms with E-state index in [1.54, 1.807) is 0 Å². The minimum absolute atomic E-state index is 0. The van der Waals surface area contributed by atoms with Gasteiger partial charge in [0.05, 0.1) is 0 Å². The molecule has 0 amide bonds. The Bertz CT molecular complexity index is 160. The second kappa shape index (κ2) is 16.2. The van der Waals surface area contributed by atoms with Gasteiger partial charge >= 0.3 is 0 Å². The molecule has 2 nitrogen and oxygen atoms in total. The molecule has 0 aromatic heterocycles. The molecule has 0 unspecified atom stereocenters. The molecule has 0 heterocycles. The first-order valence-corrected chi connectivity index (χ1v) is 6.97. The number of rotatable bonds is 12. The molecule has 3 heteroatoms. The fourth-order valence-electron chi connectivity index (χ4n) is 1.93. The predicted octanol–water partition coefficient (Wildman–Crippen LogP) is 3.43. The Kier molecular flexibility index (Phi) is 18.5. The van der Waals surface area contributed by atoms with Gasteiger partial charge in [-0.3, -0.25) is 0 Å². The van der Waals surface area contributed by atoms with Gasteiger partial charge in [0.2, 0.25) is 0 Å². The van der Waals surface area contributed by atoms with Gasteiger partial charge in [-0.2, -0.15) is 0 Å². The van der Waals surface area contributed by atoms with E-state index in [1.165, 1.54) is 57.8 Å². The van der Waals surface area contributed by atoms with Crippen molar-refractivity contribution in [1.29, 1.82) is 0 Å². The summed E-state index contributed by atoms with van der Waals surface area (Å²) in [5, 5.41) is 10.1. The fourth-order valence-corrected chi connectivity index (χ4v) is 1.93. The van der Waals surface area contributed by atoms with Crippen LogP contribution in [0.4, 0.5) is 0 Å². The predicted molar refractivity (Wildman–Crippen MR) is 66.1 cm³/mol. The molecular formula is C14H27O2Pt-. The van der Waals surface area contributed by atoms with Gasteiger partial charge in [-0.1, -0.05) is 71.1 Å². The molecule has 0 atom stereocenters. The maximum atomic E-state index is 10.1. The Labute approximate surface area is 121 Å². The largest absolute Gasteiger partial charge is 0.550 e. The Balaban J connectivity index is 0. The van der Waals surface area contributed by atoms with Gasteiger partial charge in [-0.25, -0.2) is 0 Å². The molecule has 0 aromatic rings. The summed E-state index contributed by atoms with van der Waals surface area (Å²) in [7, 11) is 0. The van der Waals surface area contributed by atoms with Gasteiger partial charge in [-0.15, -0.1) is 0 Å². The van der Waals surface area contributed by atoms with Crippen molar-refractivity contribution in [3.8, 4) is 0 Å². The molecule has 0 fully saturated rings. The summed E-state index contributed by atoms with van der Waals surface area (Å²) in [4.78, 5) is 10.1. The van der Waals surface area contributed by atoms with E-state index in [4.69, 9.17) is 0 Å². The van der Waals surface area contributed by atoms with Crippen LogP contribution in [0.15, 0.2) is 0 Å². The van der Waals surface area contributed by atoms with Crippen molar-refractivity contribution in [2.45, 2.75) is 84.0 Å². The number of hydrogen-bond donors (Lipinski definition) is 0. The van der Waals surface area contributed by atoms with E-state index in [2.05, 4.69) is 6.92 Å². The van der Waals surface area contributed by atoms with Crippen LogP contribution in [0.1, 0.15) is 84.0 Å². The van der Waals surface area contributed by atoms with E-state index >= 15 is 0 Å². The van der Waals surface area contributed by atoms with Crippen LogP contribution in [0.25, 0.3) is 0 Å². The Morgan fingerprint density at radius 1 is 0.765 bits per heavy atom. The number of carboxylic acid groups (broad SMARTS) is 1. The van der Waals surface area contributed by atoms with Crippen LogP contribution in [0.5, 0.6) is 0 Å². The molecule has 0 aliphatic heterocycles. The van der Waals surface area contributed by atoms with Crippen molar-refractivity contribution in [2.75, 3.05) is 0 Å². The zero-order valence-corrected chi connectivity index (χ0v) is 13.4. The van der Waals surface area contributed by atoms with Crippen molar-refractivity contribution in [1.82, 2.24) is 0 Å². The maximum absolute atomic E-state index is 10.1. The summed E-state index contributed by atoms with van der Waals surface area (Å²) in [6.45, 7) is 2.24. The van der Waals surface area contributed by atoms with Crippen LogP contribution >= 0.6 is 0 Å². The molecule has 0 rings (SSSR count). The van der Waals surface area contributed by atoms with Crippen LogP contribution in [0.3, 0.4) is 0 Å². The zero-order valence-electron chi connectivity index (χ0n) is 11.1. The first-order valence-electron chi connectivity index (χ1n) is 6.97.